The van der Waals surface area contributed by atoms with Crippen LogP contribution in [0.1, 0.15) is 38.5 Å². The highest BCUT2D eigenvalue weighted by Crippen LogP contribution is 2.30. The first-order chi connectivity index (χ1) is 9.98. The van der Waals surface area contributed by atoms with E-state index < -0.39 is 0 Å². The van der Waals surface area contributed by atoms with Gasteiger partial charge in [-0.25, -0.2) is 0 Å². The zero-order chi connectivity index (χ0) is 15.5. The summed E-state index contributed by atoms with van der Waals surface area (Å²) in [5.41, 5.74) is 6.40. The highest BCUT2D eigenvalue weighted by Gasteiger charge is 2.39. The van der Waals surface area contributed by atoms with Gasteiger partial charge in [-0.3, -0.25) is 4.90 Å². The summed E-state index contributed by atoms with van der Waals surface area (Å²) in [4.78, 5) is 6.61. The second kappa shape index (κ2) is 7.23. The van der Waals surface area contributed by atoms with Crippen molar-refractivity contribution in [2.45, 2.75) is 57.7 Å². The molecule has 0 radical (unpaired) electrons. The number of hydrogen-bond acceptors (Lipinski definition) is 4. The lowest BCUT2D eigenvalue weighted by Crippen LogP contribution is -2.61. The summed E-state index contributed by atoms with van der Waals surface area (Å²) in [5, 5.41) is 2.17. The van der Waals surface area contributed by atoms with Crippen LogP contribution in [-0.4, -0.2) is 54.1 Å². The molecule has 1 aromatic heterocycles. The predicted molar refractivity (Wildman–Crippen MR) is 93.0 cm³/mol. The van der Waals surface area contributed by atoms with Crippen LogP contribution < -0.4 is 5.73 Å². The van der Waals surface area contributed by atoms with Crippen LogP contribution in [0.25, 0.3) is 0 Å². The van der Waals surface area contributed by atoms with Gasteiger partial charge < -0.3 is 10.6 Å². The molecule has 0 amide bonds. The van der Waals surface area contributed by atoms with Crippen molar-refractivity contribution in [1.82, 2.24) is 9.80 Å². The van der Waals surface area contributed by atoms with Gasteiger partial charge in [0.05, 0.1) is 0 Å². The van der Waals surface area contributed by atoms with Crippen LogP contribution in [0.2, 0.25) is 0 Å². The number of piperidine rings is 1. The number of likely N-dealkylation sites (N-methyl/N-ethyl adjacent to an activating group) is 1. The molecule has 1 atom stereocenters. The molecule has 1 fully saturated rings. The first-order valence-corrected chi connectivity index (χ1v) is 9.06. The van der Waals surface area contributed by atoms with Crippen LogP contribution in [0.3, 0.4) is 0 Å². The maximum Gasteiger partial charge on any atom is 0.0355 e. The van der Waals surface area contributed by atoms with Gasteiger partial charge in [0.1, 0.15) is 0 Å². The van der Waals surface area contributed by atoms with Gasteiger partial charge in [-0.2, -0.15) is 0 Å². The number of rotatable bonds is 6. The predicted octanol–water partition coefficient (Wildman–Crippen LogP) is 2.81. The number of thiophene rings is 1. The highest BCUT2D eigenvalue weighted by molar-refractivity contribution is 7.09. The zero-order valence-electron chi connectivity index (χ0n) is 14.0. The molecule has 1 aliphatic rings. The van der Waals surface area contributed by atoms with E-state index in [4.69, 9.17) is 5.73 Å². The van der Waals surface area contributed by atoms with E-state index in [1.54, 1.807) is 0 Å². The standard InChI is InChI=1S/C17H31N3S/c1-14(2)20-9-7-17(13-18,8-10-20)19(4)15(3)12-16-6-5-11-21-16/h5-6,11,14-15H,7-10,12-13,18H2,1-4H3. The van der Waals surface area contributed by atoms with E-state index in [1.165, 1.54) is 30.8 Å². The minimum Gasteiger partial charge on any atom is -0.329 e. The summed E-state index contributed by atoms with van der Waals surface area (Å²) in [6.45, 7) is 10.0. The topological polar surface area (TPSA) is 32.5 Å². The second-order valence-corrected chi connectivity index (χ2v) is 7.83. The Morgan fingerprint density at radius 2 is 2.00 bits per heavy atom. The third-order valence-corrected chi connectivity index (χ3v) is 6.22. The molecule has 1 aromatic rings. The molecule has 0 saturated carbocycles. The highest BCUT2D eigenvalue weighted by atomic mass is 32.1. The summed E-state index contributed by atoms with van der Waals surface area (Å²) in [6.07, 6.45) is 3.50. The Kier molecular flexibility index (Phi) is 5.83. The average Bonchev–Trinajstić information content (AvgIpc) is 2.99. The van der Waals surface area contributed by atoms with E-state index in [0.29, 0.717) is 12.1 Å². The van der Waals surface area contributed by atoms with E-state index >= 15 is 0 Å². The molecule has 1 aliphatic heterocycles. The van der Waals surface area contributed by atoms with Crippen LogP contribution in [0.15, 0.2) is 17.5 Å². The van der Waals surface area contributed by atoms with Gasteiger partial charge in [0.2, 0.25) is 0 Å². The van der Waals surface area contributed by atoms with Crippen molar-refractivity contribution in [3.8, 4) is 0 Å². The Morgan fingerprint density at radius 3 is 2.48 bits per heavy atom. The van der Waals surface area contributed by atoms with Crippen molar-refractivity contribution in [3.63, 3.8) is 0 Å². The Balaban J connectivity index is 1.99. The van der Waals surface area contributed by atoms with Crippen molar-refractivity contribution >= 4 is 11.3 Å². The third-order valence-electron chi connectivity index (χ3n) is 5.33. The molecule has 120 valence electrons. The number of nitrogens with zero attached hydrogens (tertiary/aromatic N) is 2. The normalized spacial score (nSPS) is 21.1. The third kappa shape index (κ3) is 3.86. The molecule has 0 bridgehead atoms. The summed E-state index contributed by atoms with van der Waals surface area (Å²) in [5.74, 6) is 0. The van der Waals surface area contributed by atoms with Gasteiger partial charge in [0, 0.05) is 42.1 Å². The lowest BCUT2D eigenvalue weighted by Gasteiger charge is -2.50. The van der Waals surface area contributed by atoms with E-state index in [1.807, 2.05) is 11.3 Å². The zero-order valence-corrected chi connectivity index (χ0v) is 14.8. The molecule has 2 heterocycles. The molecule has 2 rings (SSSR count). The maximum atomic E-state index is 6.21. The molecule has 0 aromatic carbocycles. The smallest absolute Gasteiger partial charge is 0.0355 e. The molecule has 4 heteroatoms. The molecule has 2 N–H and O–H groups in total. The second-order valence-electron chi connectivity index (χ2n) is 6.80. The van der Waals surface area contributed by atoms with Crippen molar-refractivity contribution in [2.75, 3.05) is 26.7 Å². The first kappa shape index (κ1) is 16.9. The molecule has 3 nitrogen and oxygen atoms in total. The van der Waals surface area contributed by atoms with Crippen LogP contribution in [-0.2, 0) is 6.42 Å². The van der Waals surface area contributed by atoms with Crippen molar-refractivity contribution < 1.29 is 0 Å². The molecule has 0 spiro atoms. The van der Waals surface area contributed by atoms with Gasteiger partial charge in [0.25, 0.3) is 0 Å². The Morgan fingerprint density at radius 1 is 1.33 bits per heavy atom. The van der Waals surface area contributed by atoms with E-state index in [-0.39, 0.29) is 5.54 Å². The van der Waals surface area contributed by atoms with Gasteiger partial charge in [-0.05, 0) is 58.5 Å². The van der Waals surface area contributed by atoms with Gasteiger partial charge in [-0.1, -0.05) is 6.07 Å². The Bertz CT molecular complexity index is 408. The Hall–Kier alpha value is -0.420. The fourth-order valence-corrected chi connectivity index (χ4v) is 4.31. The molecule has 1 unspecified atom stereocenters. The average molecular weight is 310 g/mol. The van der Waals surface area contributed by atoms with Crippen LogP contribution in [0.5, 0.6) is 0 Å². The van der Waals surface area contributed by atoms with Crippen LogP contribution in [0.4, 0.5) is 0 Å². The fraction of sp³-hybridized carbons (Fsp3) is 0.765. The van der Waals surface area contributed by atoms with Crippen molar-refractivity contribution in [2.24, 2.45) is 5.73 Å². The number of nitrogens with two attached hydrogens (primary N) is 1. The molecular formula is C17H31N3S. The summed E-state index contributed by atoms with van der Waals surface area (Å²) >= 11 is 1.86. The summed E-state index contributed by atoms with van der Waals surface area (Å²) < 4.78 is 0. The Labute approximate surface area is 134 Å². The van der Waals surface area contributed by atoms with Crippen LogP contribution in [0, 0.1) is 0 Å². The minimum atomic E-state index is 0.183. The number of hydrogen-bond donors (Lipinski definition) is 1. The molecule has 0 aliphatic carbocycles. The van der Waals surface area contributed by atoms with Gasteiger partial charge in [0.15, 0.2) is 0 Å². The van der Waals surface area contributed by atoms with E-state index in [2.05, 4.69) is 55.1 Å². The maximum absolute atomic E-state index is 6.21. The van der Waals surface area contributed by atoms with Crippen molar-refractivity contribution in [3.05, 3.63) is 22.4 Å². The minimum absolute atomic E-state index is 0.183. The monoisotopic (exact) mass is 309 g/mol. The summed E-state index contributed by atoms with van der Waals surface area (Å²) in [7, 11) is 2.27. The SMILES string of the molecule is CC(C)N1CCC(CN)(N(C)C(C)Cc2cccs2)CC1. The largest absolute Gasteiger partial charge is 0.329 e. The lowest BCUT2D eigenvalue weighted by atomic mass is 9.84. The molecule has 21 heavy (non-hydrogen) atoms. The molecular weight excluding hydrogens is 278 g/mol. The first-order valence-electron chi connectivity index (χ1n) is 8.18. The molecule has 1 saturated heterocycles. The van der Waals surface area contributed by atoms with Crippen LogP contribution >= 0.6 is 11.3 Å². The quantitative estimate of drug-likeness (QED) is 0.877. The van der Waals surface area contributed by atoms with Crippen molar-refractivity contribution in [1.29, 1.82) is 0 Å². The van der Waals surface area contributed by atoms with Gasteiger partial charge >= 0.3 is 0 Å². The summed E-state index contributed by atoms with van der Waals surface area (Å²) in [6, 6.07) is 5.57. The van der Waals surface area contributed by atoms with E-state index in [0.717, 1.165) is 13.0 Å². The fourth-order valence-electron chi connectivity index (χ4n) is 3.48. The van der Waals surface area contributed by atoms with Gasteiger partial charge in [-0.15, -0.1) is 11.3 Å². The van der Waals surface area contributed by atoms with E-state index in [9.17, 15) is 0 Å². The number of likely N-dealkylation sites (tertiary alicyclic amines) is 1. The lowest BCUT2D eigenvalue weighted by molar-refractivity contribution is 0.0131.